The van der Waals surface area contributed by atoms with Gasteiger partial charge in [0.2, 0.25) is 0 Å². The number of ether oxygens (including phenoxy) is 1. The van der Waals surface area contributed by atoms with E-state index in [0.717, 1.165) is 22.2 Å². The number of benzene rings is 1. The molecule has 0 aliphatic rings. The van der Waals surface area contributed by atoms with E-state index in [1.165, 1.54) is 17.4 Å². The Balaban J connectivity index is 1.63. The van der Waals surface area contributed by atoms with Gasteiger partial charge in [0.1, 0.15) is 12.2 Å². The maximum atomic E-state index is 12.1. The Morgan fingerprint density at radius 1 is 1.11 bits per heavy atom. The largest absolute Gasteiger partial charge is 0.461 e. The van der Waals surface area contributed by atoms with Gasteiger partial charge in [0.05, 0.1) is 11.3 Å². The Morgan fingerprint density at radius 2 is 1.93 bits per heavy atom. The summed E-state index contributed by atoms with van der Waals surface area (Å²) >= 11 is 1.42. The summed E-state index contributed by atoms with van der Waals surface area (Å²) in [6.45, 7) is 3.92. The van der Waals surface area contributed by atoms with E-state index in [2.05, 4.69) is 0 Å². The van der Waals surface area contributed by atoms with Gasteiger partial charge < -0.3 is 9.15 Å². The molecule has 2 aromatic heterocycles. The van der Waals surface area contributed by atoms with Gasteiger partial charge in [-0.25, -0.2) is 4.79 Å². The van der Waals surface area contributed by atoms with Crippen LogP contribution in [0, 0.1) is 6.92 Å². The zero-order chi connectivity index (χ0) is 19.4. The van der Waals surface area contributed by atoms with Crippen LogP contribution in [-0.2, 0) is 22.6 Å². The van der Waals surface area contributed by atoms with Crippen molar-refractivity contribution in [1.29, 1.82) is 0 Å². The fourth-order valence-corrected chi connectivity index (χ4v) is 3.60. The van der Waals surface area contributed by atoms with Crippen molar-refractivity contribution in [1.82, 2.24) is 0 Å². The number of hydrogen-bond acceptors (Lipinski definition) is 6. The quantitative estimate of drug-likeness (QED) is 0.342. The van der Waals surface area contributed by atoms with Crippen molar-refractivity contribution in [2.45, 2.75) is 39.7 Å². The molecule has 0 saturated carbocycles. The van der Waals surface area contributed by atoms with Crippen molar-refractivity contribution in [2.24, 2.45) is 0 Å². The van der Waals surface area contributed by atoms with Gasteiger partial charge in [-0.15, -0.1) is 11.3 Å². The minimum atomic E-state index is -0.481. The SMILES string of the molecule is CCc1ccc2c(COC(=O)CCC(=O)c3ccc(C)s3)cc(=O)oc2c1. The summed E-state index contributed by atoms with van der Waals surface area (Å²) in [5.74, 6) is -0.536. The normalized spacial score (nSPS) is 10.9. The van der Waals surface area contributed by atoms with Crippen LogP contribution in [-0.4, -0.2) is 11.8 Å². The van der Waals surface area contributed by atoms with E-state index in [1.54, 1.807) is 6.07 Å². The number of carbonyl (C=O) groups excluding carboxylic acids is 2. The Bertz CT molecular complexity index is 1040. The number of aryl methyl sites for hydroxylation is 2. The molecule has 2 heterocycles. The highest BCUT2D eigenvalue weighted by molar-refractivity contribution is 7.14. The van der Waals surface area contributed by atoms with Crippen molar-refractivity contribution in [3.05, 3.63) is 67.7 Å². The summed E-state index contributed by atoms with van der Waals surface area (Å²) in [4.78, 5) is 37.6. The van der Waals surface area contributed by atoms with E-state index in [4.69, 9.17) is 9.15 Å². The molecule has 140 valence electrons. The number of esters is 1. The zero-order valence-electron chi connectivity index (χ0n) is 15.2. The van der Waals surface area contributed by atoms with Crippen LogP contribution in [0.5, 0.6) is 0 Å². The van der Waals surface area contributed by atoms with Crippen molar-refractivity contribution in [3.63, 3.8) is 0 Å². The van der Waals surface area contributed by atoms with E-state index >= 15 is 0 Å². The first-order valence-electron chi connectivity index (χ1n) is 8.77. The van der Waals surface area contributed by atoms with Gasteiger partial charge in [0.25, 0.3) is 0 Å². The first-order chi connectivity index (χ1) is 13.0. The standard InChI is InChI=1S/C21H20O5S/c1-3-14-5-6-16-15(11-21(24)26-18(16)10-14)12-25-20(23)9-7-17(22)19-8-4-13(2)27-19/h4-6,8,10-11H,3,7,9,12H2,1-2H3. The molecule has 0 bridgehead atoms. The smallest absolute Gasteiger partial charge is 0.336 e. The van der Waals surface area contributed by atoms with Gasteiger partial charge in [0, 0.05) is 28.3 Å². The van der Waals surface area contributed by atoms with Crippen LogP contribution in [0.1, 0.15) is 45.4 Å². The van der Waals surface area contributed by atoms with Crippen LogP contribution < -0.4 is 5.63 Å². The lowest BCUT2D eigenvalue weighted by Crippen LogP contribution is -2.09. The van der Waals surface area contributed by atoms with E-state index in [-0.39, 0.29) is 25.2 Å². The molecule has 0 N–H and O–H groups in total. The maximum Gasteiger partial charge on any atom is 0.336 e. The van der Waals surface area contributed by atoms with Crippen LogP contribution in [0.4, 0.5) is 0 Å². The summed E-state index contributed by atoms with van der Waals surface area (Å²) < 4.78 is 10.5. The number of hydrogen-bond donors (Lipinski definition) is 0. The summed E-state index contributed by atoms with van der Waals surface area (Å²) in [6.07, 6.45) is 0.947. The minimum absolute atomic E-state index is 0.00906. The van der Waals surface area contributed by atoms with Crippen molar-refractivity contribution in [2.75, 3.05) is 0 Å². The molecule has 0 atom stereocenters. The van der Waals surface area contributed by atoms with Gasteiger partial charge in [-0.3, -0.25) is 9.59 Å². The van der Waals surface area contributed by atoms with Crippen LogP contribution in [0.3, 0.4) is 0 Å². The predicted octanol–water partition coefficient (Wildman–Crippen LogP) is 4.43. The fourth-order valence-electron chi connectivity index (χ4n) is 2.77. The first-order valence-corrected chi connectivity index (χ1v) is 9.59. The van der Waals surface area contributed by atoms with Crippen LogP contribution in [0.25, 0.3) is 11.0 Å². The molecule has 0 unspecified atom stereocenters. The Morgan fingerprint density at radius 3 is 2.63 bits per heavy atom. The lowest BCUT2D eigenvalue weighted by atomic mass is 10.1. The van der Waals surface area contributed by atoms with Gasteiger partial charge >= 0.3 is 11.6 Å². The monoisotopic (exact) mass is 384 g/mol. The second-order valence-corrected chi connectivity index (χ2v) is 7.56. The Hall–Kier alpha value is -2.73. The summed E-state index contributed by atoms with van der Waals surface area (Å²) in [6, 6.07) is 10.6. The van der Waals surface area contributed by atoms with Crippen molar-refractivity contribution >= 4 is 34.1 Å². The number of rotatable bonds is 7. The van der Waals surface area contributed by atoms with E-state index in [1.807, 2.05) is 38.1 Å². The number of carbonyl (C=O) groups is 2. The summed E-state index contributed by atoms with van der Waals surface area (Å²) in [7, 11) is 0. The number of fused-ring (bicyclic) bond motifs is 1. The average molecular weight is 384 g/mol. The molecule has 0 spiro atoms. The third-order valence-electron chi connectivity index (χ3n) is 4.26. The fraction of sp³-hybridized carbons (Fsp3) is 0.286. The van der Waals surface area contributed by atoms with E-state index < -0.39 is 11.6 Å². The lowest BCUT2D eigenvalue weighted by molar-refractivity contribution is -0.144. The predicted molar refractivity (Wildman–Crippen MR) is 104 cm³/mol. The van der Waals surface area contributed by atoms with E-state index in [0.29, 0.717) is 16.0 Å². The van der Waals surface area contributed by atoms with Crippen LogP contribution in [0.15, 0.2) is 45.6 Å². The molecular formula is C21H20O5S. The second kappa shape index (κ2) is 8.31. The maximum absolute atomic E-state index is 12.1. The molecular weight excluding hydrogens is 364 g/mol. The molecule has 27 heavy (non-hydrogen) atoms. The topological polar surface area (TPSA) is 73.6 Å². The summed E-state index contributed by atoms with van der Waals surface area (Å²) in [5, 5.41) is 0.740. The highest BCUT2D eigenvalue weighted by Crippen LogP contribution is 2.21. The van der Waals surface area contributed by atoms with Gasteiger partial charge in [-0.05, 0) is 37.1 Å². The average Bonchev–Trinajstić information content (AvgIpc) is 3.09. The lowest BCUT2D eigenvalue weighted by Gasteiger charge is -2.08. The third kappa shape index (κ3) is 4.71. The third-order valence-corrected chi connectivity index (χ3v) is 5.30. The molecule has 0 fully saturated rings. The van der Waals surface area contributed by atoms with Crippen LogP contribution >= 0.6 is 11.3 Å². The number of thiophene rings is 1. The molecule has 3 rings (SSSR count). The van der Waals surface area contributed by atoms with Crippen LogP contribution in [0.2, 0.25) is 0 Å². The molecule has 0 aliphatic carbocycles. The van der Waals surface area contributed by atoms with Gasteiger partial charge in [0.15, 0.2) is 5.78 Å². The molecule has 3 aromatic rings. The molecule has 0 amide bonds. The molecule has 1 aromatic carbocycles. The van der Waals surface area contributed by atoms with Crippen molar-refractivity contribution in [3.8, 4) is 0 Å². The first kappa shape index (κ1) is 19.0. The number of Topliss-reactive ketones (excluding diaryl/α,β-unsaturated/α-hetero) is 1. The molecule has 5 nitrogen and oxygen atoms in total. The van der Waals surface area contributed by atoms with Gasteiger partial charge in [-0.2, -0.15) is 0 Å². The molecule has 0 saturated heterocycles. The second-order valence-electron chi connectivity index (χ2n) is 6.27. The van der Waals surface area contributed by atoms with Crippen molar-refractivity contribution < 1.29 is 18.7 Å². The molecule has 0 aliphatic heterocycles. The number of ketones is 1. The Labute approximate surface area is 160 Å². The molecule has 6 heteroatoms. The summed E-state index contributed by atoms with van der Waals surface area (Å²) in [5.41, 5.74) is 1.65. The van der Waals surface area contributed by atoms with Gasteiger partial charge in [-0.1, -0.05) is 19.1 Å². The molecule has 0 radical (unpaired) electrons. The minimum Gasteiger partial charge on any atom is -0.461 e. The van der Waals surface area contributed by atoms with E-state index in [9.17, 15) is 14.4 Å². The highest BCUT2D eigenvalue weighted by atomic mass is 32.1. The zero-order valence-corrected chi connectivity index (χ0v) is 16.1. The Kier molecular flexibility index (Phi) is 5.86. The highest BCUT2D eigenvalue weighted by Gasteiger charge is 2.13.